The van der Waals surface area contributed by atoms with Crippen LogP contribution in [-0.2, 0) is 25.3 Å². The van der Waals surface area contributed by atoms with Crippen molar-refractivity contribution in [2.75, 3.05) is 31.1 Å². The first-order chi connectivity index (χ1) is 22.9. The van der Waals surface area contributed by atoms with Crippen molar-refractivity contribution in [2.24, 2.45) is 0 Å². The average Bonchev–Trinajstić information content (AvgIpc) is 3.02. The van der Waals surface area contributed by atoms with E-state index in [9.17, 15) is 26.6 Å². The summed E-state index contributed by atoms with van der Waals surface area (Å²) < 4.78 is 75.7. The van der Waals surface area contributed by atoms with Crippen LogP contribution < -0.4 is 19.6 Å². The molecule has 0 atom stereocenters. The molecule has 0 unspecified atom stereocenters. The zero-order chi connectivity index (χ0) is 36.1. The Labute approximate surface area is 290 Å². The number of rotatable bonds is 10. The molecule has 0 saturated carbocycles. The van der Waals surface area contributed by atoms with Crippen molar-refractivity contribution in [3.8, 4) is 22.5 Å². The lowest BCUT2D eigenvalue weighted by atomic mass is 9.79. The number of nitrogens with zero attached hydrogens (tertiary/aromatic N) is 3. The quantitative estimate of drug-likeness (QED) is 0.120. The summed E-state index contributed by atoms with van der Waals surface area (Å²) in [6.45, 7) is 18.4. The number of anilines is 1. The Morgan fingerprint density at radius 1 is 0.878 bits per heavy atom. The number of nitrogens with one attached hydrogen (secondary N) is 1. The molecule has 49 heavy (non-hydrogen) atoms. The molecule has 3 aliphatic rings. The Kier molecular flexibility index (Phi) is 10.1. The van der Waals surface area contributed by atoms with Crippen molar-refractivity contribution in [1.82, 2.24) is 14.4 Å². The maximum atomic E-state index is 13.8. The Morgan fingerprint density at radius 2 is 1.49 bits per heavy atom. The van der Waals surface area contributed by atoms with Gasteiger partial charge in [0.2, 0.25) is 15.4 Å². The predicted octanol–water partition coefficient (Wildman–Crippen LogP) is 5.75. The Bertz CT molecular complexity index is 2110. The Hall–Kier alpha value is -3.33. The van der Waals surface area contributed by atoms with Gasteiger partial charge in [-0.2, -0.15) is 8.42 Å². The number of sulfonamides is 1. The van der Waals surface area contributed by atoms with Gasteiger partial charge in [-0.1, -0.05) is 6.07 Å². The lowest BCUT2D eigenvalue weighted by Gasteiger charge is -2.49. The first-order valence-electron chi connectivity index (χ1n) is 16.8. The van der Waals surface area contributed by atoms with Crippen molar-refractivity contribution in [3.05, 3.63) is 60.0 Å². The van der Waals surface area contributed by atoms with Crippen LogP contribution in [0.15, 0.2) is 68.8 Å². The molecule has 1 aliphatic carbocycles. The molecule has 0 amide bonds. The van der Waals surface area contributed by atoms with Crippen LogP contribution in [-0.4, -0.2) is 69.8 Å². The molecule has 2 N–H and O–H groups in total. The van der Waals surface area contributed by atoms with Gasteiger partial charge in [0.05, 0.1) is 11.0 Å². The van der Waals surface area contributed by atoms with Crippen LogP contribution in [0.1, 0.15) is 68.2 Å². The minimum atomic E-state index is -4.93. The number of hydrogen-bond acceptors (Lipinski definition) is 7. The van der Waals surface area contributed by atoms with E-state index < -0.39 is 42.2 Å². The van der Waals surface area contributed by atoms with Crippen molar-refractivity contribution in [3.63, 3.8) is 0 Å². The minimum Gasteiger partial charge on any atom is -0.456 e. The molecule has 2 aliphatic heterocycles. The van der Waals surface area contributed by atoms with Gasteiger partial charge < -0.3 is 9.32 Å². The van der Waals surface area contributed by atoms with E-state index >= 15 is 0 Å². The number of piperidine rings is 1. The minimum absolute atomic E-state index is 0.139. The highest BCUT2D eigenvalue weighted by molar-refractivity contribution is 7.89. The van der Waals surface area contributed by atoms with Crippen LogP contribution >= 0.6 is 0 Å². The fourth-order valence-electron chi connectivity index (χ4n) is 7.45. The van der Waals surface area contributed by atoms with E-state index in [0.29, 0.717) is 27.9 Å². The van der Waals surface area contributed by atoms with E-state index in [0.717, 1.165) is 48.4 Å². The maximum absolute atomic E-state index is 13.8. The van der Waals surface area contributed by atoms with E-state index in [1.54, 1.807) is 27.7 Å². The Morgan fingerprint density at radius 3 is 2.06 bits per heavy atom. The molecule has 265 valence electrons. The fraction of sp³-hybridized carbons (Fsp3) is 0.472. The zero-order valence-corrected chi connectivity index (χ0v) is 31.2. The molecule has 0 spiro atoms. The molecular formula is C36H48N4O7S2+. The normalized spacial score (nSPS) is 17.1. The summed E-state index contributed by atoms with van der Waals surface area (Å²) in [6, 6.07) is 14.7. The molecule has 1 saturated heterocycles. The van der Waals surface area contributed by atoms with Gasteiger partial charge in [0, 0.05) is 70.1 Å². The molecular weight excluding hydrogens is 665 g/mol. The first kappa shape index (κ1) is 36.9. The van der Waals surface area contributed by atoms with Crippen LogP contribution in [0.25, 0.3) is 33.4 Å². The van der Waals surface area contributed by atoms with Gasteiger partial charge in [-0.3, -0.25) is 4.55 Å². The molecule has 5 rings (SSSR count). The first-order valence-corrected chi connectivity index (χ1v) is 19.7. The van der Waals surface area contributed by atoms with Crippen LogP contribution in [0.2, 0.25) is 0 Å². The van der Waals surface area contributed by atoms with Gasteiger partial charge >= 0.3 is 0 Å². The standard InChI is InChI=1S/C36H47N4O7S2/c1-9-38(10-2)25-13-16-28-31(19-25)47-32-20-26(39(11-3)12-4)14-17-29(32)34(28)30-18-15-27(21-33(30)49(44,45)46)48(42,43)37-24-22-35(5,6)40(41)36(7,8)23-24/h13-21,24,37H,9-12,22-23H2,1-8H3/p+1. The largest absolute Gasteiger partial charge is 0.456 e. The second-order valence-electron chi connectivity index (χ2n) is 14.0. The molecule has 11 nitrogen and oxygen atoms in total. The van der Waals surface area contributed by atoms with Gasteiger partial charge in [-0.05, 0) is 98.6 Å². The molecule has 1 fully saturated rings. The summed E-state index contributed by atoms with van der Waals surface area (Å²) in [5.74, 6) is 0.512. The molecule has 0 aromatic heterocycles. The zero-order valence-electron chi connectivity index (χ0n) is 29.6. The predicted molar refractivity (Wildman–Crippen MR) is 192 cm³/mol. The van der Waals surface area contributed by atoms with Gasteiger partial charge in [-0.25, -0.2) is 17.7 Å². The summed E-state index contributed by atoms with van der Waals surface area (Å²) >= 11 is 0. The highest BCUT2D eigenvalue weighted by Gasteiger charge is 2.47. The third-order valence-corrected chi connectivity index (χ3v) is 12.1. The highest BCUT2D eigenvalue weighted by atomic mass is 32.2. The SMILES string of the molecule is CCN(CC)c1ccc2c(-c3ccc(S(=O)(=O)NC4CC(C)(C)N([O])C(C)(C)C4)cc3S(=O)(=O)O)c3ccc(=[N+](CC)CC)cc-3oc2c1. The Balaban J connectivity index is 1.73. The molecule has 13 heteroatoms. The molecule has 1 radical (unpaired) electrons. The van der Waals surface area contributed by atoms with E-state index in [-0.39, 0.29) is 23.3 Å². The maximum Gasteiger partial charge on any atom is 0.295 e. The molecule has 2 aromatic carbocycles. The lowest BCUT2D eigenvalue weighted by Crippen LogP contribution is -2.62. The summed E-state index contributed by atoms with van der Waals surface area (Å²) in [7, 11) is -9.19. The van der Waals surface area contributed by atoms with Gasteiger partial charge in [-0.15, -0.1) is 10.3 Å². The summed E-state index contributed by atoms with van der Waals surface area (Å²) in [4.78, 5) is 1.32. The summed E-state index contributed by atoms with van der Waals surface area (Å²) in [5, 5.41) is 15.4. The van der Waals surface area contributed by atoms with E-state index in [1.807, 2.05) is 36.4 Å². The fourth-order valence-corrected chi connectivity index (χ4v) is 9.51. The molecule has 0 bridgehead atoms. The third kappa shape index (κ3) is 7.15. The van der Waals surface area contributed by atoms with Crippen LogP contribution in [0.5, 0.6) is 0 Å². The van der Waals surface area contributed by atoms with Gasteiger partial charge in [0.15, 0.2) is 0 Å². The van der Waals surface area contributed by atoms with E-state index in [1.165, 1.54) is 12.1 Å². The van der Waals surface area contributed by atoms with Crippen LogP contribution in [0, 0.1) is 0 Å². The number of benzene rings is 3. The number of fused-ring (bicyclic) bond motifs is 2. The van der Waals surface area contributed by atoms with Gasteiger partial charge in [0.25, 0.3) is 10.1 Å². The van der Waals surface area contributed by atoms with Crippen LogP contribution in [0.3, 0.4) is 0 Å². The van der Waals surface area contributed by atoms with E-state index in [4.69, 9.17) is 4.42 Å². The molecule has 2 heterocycles. The summed E-state index contributed by atoms with van der Waals surface area (Å²) in [5.41, 5.74) is 1.03. The molecule has 2 aromatic rings. The van der Waals surface area contributed by atoms with Crippen LogP contribution in [0.4, 0.5) is 5.69 Å². The lowest BCUT2D eigenvalue weighted by molar-refractivity contribution is -0.289. The topological polar surface area (TPSA) is 143 Å². The van der Waals surface area contributed by atoms with Crippen molar-refractivity contribution >= 4 is 36.8 Å². The van der Waals surface area contributed by atoms with Crippen molar-refractivity contribution in [2.45, 2.75) is 95.1 Å². The monoisotopic (exact) mass is 712 g/mol. The van der Waals surface area contributed by atoms with E-state index in [2.05, 4.69) is 41.9 Å². The smallest absolute Gasteiger partial charge is 0.295 e. The average molecular weight is 713 g/mol. The van der Waals surface area contributed by atoms with Crippen molar-refractivity contribution in [1.29, 1.82) is 0 Å². The second kappa shape index (κ2) is 13.4. The van der Waals surface area contributed by atoms with Gasteiger partial charge in [0.1, 0.15) is 29.3 Å². The van der Waals surface area contributed by atoms with Crippen molar-refractivity contribution < 1.29 is 31.0 Å². The summed E-state index contributed by atoms with van der Waals surface area (Å²) in [6.07, 6.45) is 0.525. The number of hydroxylamine groups is 2. The number of hydrogen-bond donors (Lipinski definition) is 2. The third-order valence-electron chi connectivity index (χ3n) is 9.67. The highest BCUT2D eigenvalue weighted by Crippen LogP contribution is 2.44. The second-order valence-corrected chi connectivity index (χ2v) is 17.1.